The molecular formula is C17H21ClF3N3O2. The topological polar surface area (TPSA) is 64.6 Å². The third kappa shape index (κ3) is 4.24. The number of anilines is 1. The van der Waals surface area contributed by atoms with Crippen molar-refractivity contribution < 1.29 is 23.1 Å². The number of carbonyl (C=O) groups excluding carboxylic acids is 1. The zero-order valence-corrected chi connectivity index (χ0v) is 14.8. The van der Waals surface area contributed by atoms with Crippen LogP contribution in [0.25, 0.3) is 0 Å². The lowest BCUT2D eigenvalue weighted by molar-refractivity contribution is -0.140. The molecule has 0 spiro atoms. The molecule has 5 nitrogen and oxygen atoms in total. The summed E-state index contributed by atoms with van der Waals surface area (Å²) in [6.45, 7) is 1.74. The van der Waals surface area contributed by atoms with E-state index in [1.54, 1.807) is 4.90 Å². The standard InChI is InChI=1S/C17H21ClF3N3O2/c18-11-6-10(17(19,20)21)7-12(8-11)23-13-2-1-5-24(16(13)26)14-9-22-4-3-15(14)25/h6-8,13-15,22-23,25H,1-5,9H2/t13-,14+,15+/m1/s1. The van der Waals surface area contributed by atoms with Gasteiger partial charge in [0.2, 0.25) is 5.91 Å². The van der Waals surface area contributed by atoms with Crippen LogP contribution >= 0.6 is 11.6 Å². The molecule has 1 aromatic rings. The van der Waals surface area contributed by atoms with E-state index in [0.717, 1.165) is 12.1 Å². The number of nitrogens with zero attached hydrogens (tertiary/aromatic N) is 1. The van der Waals surface area contributed by atoms with Gasteiger partial charge in [-0.15, -0.1) is 0 Å². The van der Waals surface area contributed by atoms with Gasteiger partial charge >= 0.3 is 6.18 Å². The van der Waals surface area contributed by atoms with Crippen LogP contribution in [0, 0.1) is 0 Å². The summed E-state index contributed by atoms with van der Waals surface area (Å²) in [6, 6.07) is 2.23. The van der Waals surface area contributed by atoms with Gasteiger partial charge in [0.1, 0.15) is 6.04 Å². The number of benzene rings is 1. The predicted molar refractivity (Wildman–Crippen MR) is 92.1 cm³/mol. The molecule has 0 aromatic heterocycles. The molecule has 3 rings (SSSR count). The molecule has 3 N–H and O–H groups in total. The highest BCUT2D eigenvalue weighted by molar-refractivity contribution is 6.31. The number of halogens is 4. The zero-order chi connectivity index (χ0) is 18.9. The van der Waals surface area contributed by atoms with Crippen molar-refractivity contribution in [1.82, 2.24) is 10.2 Å². The van der Waals surface area contributed by atoms with Gasteiger partial charge in [-0.1, -0.05) is 11.6 Å². The van der Waals surface area contributed by atoms with Crippen molar-refractivity contribution in [3.05, 3.63) is 28.8 Å². The molecule has 0 saturated carbocycles. The lowest BCUT2D eigenvalue weighted by atomic mass is 9.96. The Labute approximate surface area is 154 Å². The first-order valence-electron chi connectivity index (χ1n) is 8.59. The molecule has 0 unspecified atom stereocenters. The molecule has 1 amide bonds. The fraction of sp³-hybridized carbons (Fsp3) is 0.588. The van der Waals surface area contributed by atoms with Gasteiger partial charge in [-0.2, -0.15) is 13.2 Å². The molecule has 2 heterocycles. The maximum atomic E-state index is 13.0. The SMILES string of the molecule is O=C1[C@H](Nc2cc(Cl)cc(C(F)(F)F)c2)CCCN1[C@H]1CNCC[C@@H]1O. The summed E-state index contributed by atoms with van der Waals surface area (Å²) >= 11 is 5.80. The molecule has 0 bridgehead atoms. The van der Waals surface area contributed by atoms with Crippen LogP contribution in [-0.2, 0) is 11.0 Å². The number of nitrogens with one attached hydrogen (secondary N) is 2. The van der Waals surface area contributed by atoms with E-state index in [-0.39, 0.29) is 22.7 Å². The number of amides is 1. The highest BCUT2D eigenvalue weighted by Gasteiger charge is 2.37. The summed E-state index contributed by atoms with van der Waals surface area (Å²) in [4.78, 5) is 14.4. The fourth-order valence-corrected chi connectivity index (χ4v) is 3.78. The molecule has 2 aliphatic heterocycles. The molecule has 0 radical (unpaired) electrons. The quantitative estimate of drug-likeness (QED) is 0.740. The van der Waals surface area contributed by atoms with Crippen molar-refractivity contribution in [3.63, 3.8) is 0 Å². The summed E-state index contributed by atoms with van der Waals surface area (Å²) in [5.74, 6) is -0.211. The first-order valence-corrected chi connectivity index (χ1v) is 8.97. The van der Waals surface area contributed by atoms with E-state index in [1.165, 1.54) is 6.07 Å². The highest BCUT2D eigenvalue weighted by Crippen LogP contribution is 2.34. The van der Waals surface area contributed by atoms with E-state index in [0.29, 0.717) is 38.9 Å². The summed E-state index contributed by atoms with van der Waals surface area (Å²) in [7, 11) is 0. The molecular weight excluding hydrogens is 371 g/mol. The molecule has 9 heteroatoms. The van der Waals surface area contributed by atoms with Gasteiger partial charge in [0.15, 0.2) is 0 Å². The van der Waals surface area contributed by atoms with Crippen molar-refractivity contribution >= 4 is 23.2 Å². The van der Waals surface area contributed by atoms with Crippen LogP contribution in [0.15, 0.2) is 18.2 Å². The van der Waals surface area contributed by atoms with Gasteiger partial charge in [0, 0.05) is 23.8 Å². The number of hydrogen-bond donors (Lipinski definition) is 3. The Morgan fingerprint density at radius 2 is 2.04 bits per heavy atom. The van der Waals surface area contributed by atoms with Gasteiger partial charge in [-0.05, 0) is 44.0 Å². The minimum Gasteiger partial charge on any atom is -0.391 e. The maximum absolute atomic E-state index is 13.0. The second kappa shape index (κ2) is 7.62. The summed E-state index contributed by atoms with van der Waals surface area (Å²) in [6.07, 6.45) is -3.32. The lowest BCUT2D eigenvalue weighted by Gasteiger charge is -2.42. The Morgan fingerprint density at radius 3 is 2.73 bits per heavy atom. The van der Waals surface area contributed by atoms with Crippen molar-refractivity contribution in [1.29, 1.82) is 0 Å². The number of alkyl halides is 3. The van der Waals surface area contributed by atoms with E-state index in [2.05, 4.69) is 10.6 Å². The molecule has 2 aliphatic rings. The molecule has 0 aliphatic carbocycles. The third-order valence-electron chi connectivity index (χ3n) is 4.85. The smallest absolute Gasteiger partial charge is 0.391 e. The average molecular weight is 392 g/mol. The van der Waals surface area contributed by atoms with Crippen LogP contribution in [0.4, 0.5) is 18.9 Å². The monoisotopic (exact) mass is 391 g/mol. The first kappa shape index (κ1) is 19.3. The van der Waals surface area contributed by atoms with E-state index in [4.69, 9.17) is 11.6 Å². The van der Waals surface area contributed by atoms with Crippen LogP contribution in [0.3, 0.4) is 0 Å². The number of rotatable bonds is 3. The first-order chi connectivity index (χ1) is 12.3. The zero-order valence-electron chi connectivity index (χ0n) is 14.0. The summed E-state index contributed by atoms with van der Waals surface area (Å²) < 4.78 is 38.9. The van der Waals surface area contributed by atoms with Gasteiger partial charge in [0.25, 0.3) is 0 Å². The fourth-order valence-electron chi connectivity index (χ4n) is 3.55. The van der Waals surface area contributed by atoms with Crippen LogP contribution in [0.1, 0.15) is 24.8 Å². The Kier molecular flexibility index (Phi) is 5.64. The van der Waals surface area contributed by atoms with E-state index >= 15 is 0 Å². The number of aliphatic hydroxyl groups excluding tert-OH is 1. The maximum Gasteiger partial charge on any atom is 0.416 e. The van der Waals surface area contributed by atoms with Gasteiger partial charge in [-0.25, -0.2) is 0 Å². The van der Waals surface area contributed by atoms with Crippen LogP contribution < -0.4 is 10.6 Å². The molecule has 2 fully saturated rings. The highest BCUT2D eigenvalue weighted by atomic mass is 35.5. The third-order valence-corrected chi connectivity index (χ3v) is 5.07. The van der Waals surface area contributed by atoms with Crippen LogP contribution in [-0.4, -0.2) is 53.7 Å². The van der Waals surface area contributed by atoms with E-state index < -0.39 is 23.9 Å². The van der Waals surface area contributed by atoms with Crippen molar-refractivity contribution in [2.45, 2.75) is 43.6 Å². The molecule has 3 atom stereocenters. The van der Waals surface area contributed by atoms with Gasteiger partial charge in [-0.3, -0.25) is 4.79 Å². The number of carbonyl (C=O) groups is 1. The normalized spacial score (nSPS) is 27.5. The second-order valence-corrected chi connectivity index (χ2v) is 7.16. The Hall–Kier alpha value is -1.51. The van der Waals surface area contributed by atoms with Crippen LogP contribution in [0.5, 0.6) is 0 Å². The van der Waals surface area contributed by atoms with Crippen molar-refractivity contribution in [2.24, 2.45) is 0 Å². The van der Waals surface area contributed by atoms with Gasteiger partial charge in [0.05, 0.1) is 17.7 Å². The largest absolute Gasteiger partial charge is 0.416 e. The summed E-state index contributed by atoms with van der Waals surface area (Å²) in [5, 5.41) is 16.2. The molecule has 1 aromatic carbocycles. The lowest BCUT2D eigenvalue weighted by Crippen LogP contribution is -2.60. The van der Waals surface area contributed by atoms with Gasteiger partial charge < -0.3 is 20.6 Å². The summed E-state index contributed by atoms with van der Waals surface area (Å²) in [5.41, 5.74) is -0.702. The molecule has 2 saturated heterocycles. The average Bonchev–Trinajstić information content (AvgIpc) is 2.56. The van der Waals surface area contributed by atoms with E-state index in [9.17, 15) is 23.1 Å². The Balaban J connectivity index is 1.75. The van der Waals surface area contributed by atoms with Crippen molar-refractivity contribution in [2.75, 3.05) is 25.0 Å². The number of piperidine rings is 2. The van der Waals surface area contributed by atoms with Crippen LogP contribution in [0.2, 0.25) is 5.02 Å². The van der Waals surface area contributed by atoms with E-state index in [1.807, 2.05) is 0 Å². The Bertz CT molecular complexity index is 671. The predicted octanol–water partition coefficient (Wildman–Crippen LogP) is 2.48. The minimum atomic E-state index is -4.51. The number of aliphatic hydroxyl groups is 1. The number of likely N-dealkylation sites (tertiary alicyclic amines) is 1. The minimum absolute atomic E-state index is 0.0469. The number of hydrogen-bond acceptors (Lipinski definition) is 4. The van der Waals surface area contributed by atoms with Crippen molar-refractivity contribution in [3.8, 4) is 0 Å². The molecule has 144 valence electrons. The second-order valence-electron chi connectivity index (χ2n) is 6.72. The Morgan fingerprint density at radius 1 is 1.27 bits per heavy atom. The molecule has 26 heavy (non-hydrogen) atoms.